The quantitative estimate of drug-likeness (QED) is 0.666. The number of ether oxygens (including phenoxy) is 1. The lowest BCUT2D eigenvalue weighted by Crippen LogP contribution is -2.31. The topological polar surface area (TPSA) is 75.9 Å². The molecule has 4 rings (SSSR count). The monoisotopic (exact) mass is 399 g/mol. The van der Waals surface area contributed by atoms with Gasteiger partial charge in [-0.2, -0.15) is 0 Å². The summed E-state index contributed by atoms with van der Waals surface area (Å²) in [4.78, 5) is 17.1. The molecule has 3 heterocycles. The molecule has 1 aromatic carbocycles. The summed E-state index contributed by atoms with van der Waals surface area (Å²) in [5.41, 5.74) is 3.83. The zero-order valence-corrected chi connectivity index (χ0v) is 16.4. The van der Waals surface area contributed by atoms with E-state index in [1.54, 1.807) is 12.1 Å². The third-order valence-corrected chi connectivity index (χ3v) is 5.47. The van der Waals surface area contributed by atoms with Crippen molar-refractivity contribution in [3.05, 3.63) is 52.8 Å². The molecule has 0 saturated carbocycles. The number of pyridine rings is 1. The number of halogens is 1. The fourth-order valence-corrected chi connectivity index (χ4v) is 3.91. The van der Waals surface area contributed by atoms with Gasteiger partial charge in [-0.3, -0.25) is 4.79 Å². The Hall–Kier alpha value is -2.41. The van der Waals surface area contributed by atoms with Gasteiger partial charge in [0.15, 0.2) is 5.78 Å². The van der Waals surface area contributed by atoms with E-state index < -0.39 is 0 Å². The van der Waals surface area contributed by atoms with Crippen LogP contribution in [0.4, 0.5) is 0 Å². The molecule has 1 aliphatic heterocycles. The molecular formula is C21H22ClN3O3. The van der Waals surface area contributed by atoms with Gasteiger partial charge in [-0.15, -0.1) is 0 Å². The summed E-state index contributed by atoms with van der Waals surface area (Å²) in [5.74, 6) is 0.734. The first-order chi connectivity index (χ1) is 13.6. The van der Waals surface area contributed by atoms with Crippen LogP contribution < -0.4 is 10.1 Å². The van der Waals surface area contributed by atoms with E-state index in [1.807, 2.05) is 28.9 Å². The van der Waals surface area contributed by atoms with E-state index in [0.29, 0.717) is 28.5 Å². The molecule has 6 nitrogen and oxygen atoms in total. The van der Waals surface area contributed by atoms with Crippen molar-refractivity contribution in [1.82, 2.24) is 14.7 Å². The van der Waals surface area contributed by atoms with Crippen LogP contribution in [-0.4, -0.2) is 40.0 Å². The van der Waals surface area contributed by atoms with Crippen molar-refractivity contribution in [3.63, 3.8) is 0 Å². The van der Waals surface area contributed by atoms with Crippen molar-refractivity contribution < 1.29 is 14.6 Å². The lowest BCUT2D eigenvalue weighted by atomic mass is 10.0. The maximum absolute atomic E-state index is 12.4. The van der Waals surface area contributed by atoms with E-state index >= 15 is 0 Å². The number of rotatable bonds is 6. The van der Waals surface area contributed by atoms with Crippen molar-refractivity contribution in [3.8, 4) is 17.0 Å². The number of carbonyl (C=O) groups is 1. The van der Waals surface area contributed by atoms with Gasteiger partial charge >= 0.3 is 0 Å². The maximum atomic E-state index is 12.4. The number of nitrogens with zero attached hydrogens (tertiary/aromatic N) is 2. The zero-order valence-electron chi connectivity index (χ0n) is 15.6. The van der Waals surface area contributed by atoms with Gasteiger partial charge in [0, 0.05) is 24.4 Å². The molecule has 2 aromatic heterocycles. The summed E-state index contributed by atoms with van der Waals surface area (Å²) in [6.07, 6.45) is 6.15. The molecule has 0 bridgehead atoms. The van der Waals surface area contributed by atoms with Crippen LogP contribution >= 0.6 is 11.6 Å². The molecule has 2 N–H and O–H groups in total. The molecule has 3 aromatic rings. The van der Waals surface area contributed by atoms with Gasteiger partial charge in [0.05, 0.1) is 30.5 Å². The number of aliphatic hydroxyl groups excluding tert-OH is 1. The Morgan fingerprint density at radius 1 is 1.43 bits per heavy atom. The average molecular weight is 400 g/mol. The standard InChI is InChI=1S/C21H22ClN3O3/c1-28-20-9-14(12-26)15(10-16(20)22)18-11-25-6-4-13(8-21(25)24-18)7-19(27)17-3-2-5-23-17/h4,6,8-11,17,23,26H,2-3,5,7,12H2,1H3/t17-/m0/s1. The van der Waals surface area contributed by atoms with Crippen molar-refractivity contribution in [2.75, 3.05) is 13.7 Å². The highest BCUT2D eigenvalue weighted by Crippen LogP contribution is 2.33. The molecule has 0 unspecified atom stereocenters. The number of aromatic nitrogens is 2. The number of nitrogens with one attached hydrogen (secondary N) is 1. The summed E-state index contributed by atoms with van der Waals surface area (Å²) < 4.78 is 7.13. The molecule has 146 valence electrons. The molecule has 0 aliphatic carbocycles. The Morgan fingerprint density at radius 3 is 3.00 bits per heavy atom. The van der Waals surface area contributed by atoms with Crippen molar-refractivity contribution in [2.24, 2.45) is 0 Å². The number of Topliss-reactive ketones (excluding diaryl/α,β-unsaturated/α-hetero) is 1. The summed E-state index contributed by atoms with van der Waals surface area (Å²) >= 11 is 6.27. The number of methoxy groups -OCH3 is 1. The van der Waals surface area contributed by atoms with Gasteiger partial charge in [0.1, 0.15) is 11.4 Å². The second kappa shape index (κ2) is 7.91. The summed E-state index contributed by atoms with van der Waals surface area (Å²) in [6, 6.07) is 7.32. The minimum Gasteiger partial charge on any atom is -0.495 e. The number of hydrogen-bond donors (Lipinski definition) is 2. The van der Waals surface area contributed by atoms with E-state index in [9.17, 15) is 9.90 Å². The largest absolute Gasteiger partial charge is 0.495 e. The number of aliphatic hydroxyl groups is 1. The fraction of sp³-hybridized carbons (Fsp3) is 0.333. The number of fused-ring (bicyclic) bond motifs is 1. The van der Waals surface area contributed by atoms with Crippen LogP contribution in [0.3, 0.4) is 0 Å². The van der Waals surface area contributed by atoms with Gasteiger partial charge in [0.25, 0.3) is 0 Å². The fourth-order valence-electron chi connectivity index (χ4n) is 3.67. The zero-order chi connectivity index (χ0) is 19.7. The van der Waals surface area contributed by atoms with E-state index in [2.05, 4.69) is 10.3 Å². The molecule has 1 aliphatic rings. The minimum absolute atomic E-state index is 0.0277. The van der Waals surface area contributed by atoms with Crippen molar-refractivity contribution in [1.29, 1.82) is 0 Å². The third kappa shape index (κ3) is 3.63. The van der Waals surface area contributed by atoms with Crippen molar-refractivity contribution in [2.45, 2.75) is 31.9 Å². The molecule has 7 heteroatoms. The number of ketones is 1. The Labute approximate surface area is 168 Å². The predicted octanol–water partition coefficient (Wildman–Crippen LogP) is 3.02. The number of carbonyl (C=O) groups excluding carboxylic acids is 1. The molecule has 0 spiro atoms. The lowest BCUT2D eigenvalue weighted by Gasteiger charge is -2.09. The first-order valence-corrected chi connectivity index (χ1v) is 9.68. The Bertz CT molecular complexity index is 1030. The number of hydrogen-bond acceptors (Lipinski definition) is 5. The van der Waals surface area contributed by atoms with Gasteiger partial charge < -0.3 is 19.6 Å². The van der Waals surface area contributed by atoms with Gasteiger partial charge in [-0.25, -0.2) is 4.98 Å². The van der Waals surface area contributed by atoms with Gasteiger partial charge in [0.2, 0.25) is 0 Å². The highest BCUT2D eigenvalue weighted by atomic mass is 35.5. The summed E-state index contributed by atoms with van der Waals surface area (Å²) in [5, 5.41) is 13.4. The van der Waals surface area contributed by atoms with Crippen LogP contribution in [0.25, 0.3) is 16.9 Å². The number of benzene rings is 1. The molecular weight excluding hydrogens is 378 g/mol. The highest BCUT2D eigenvalue weighted by molar-refractivity contribution is 6.32. The van der Waals surface area contributed by atoms with Crippen molar-refractivity contribution >= 4 is 23.0 Å². The second-order valence-electron chi connectivity index (χ2n) is 7.02. The summed E-state index contributed by atoms with van der Waals surface area (Å²) in [6.45, 7) is 0.765. The third-order valence-electron chi connectivity index (χ3n) is 5.18. The maximum Gasteiger partial charge on any atom is 0.154 e. The molecule has 1 fully saturated rings. The van der Waals surface area contributed by atoms with Gasteiger partial charge in [-0.1, -0.05) is 11.6 Å². The molecule has 0 amide bonds. The molecule has 28 heavy (non-hydrogen) atoms. The van der Waals surface area contributed by atoms with Crippen LogP contribution in [-0.2, 0) is 17.8 Å². The van der Waals surface area contributed by atoms with Crippen LogP contribution in [0.2, 0.25) is 5.02 Å². The molecule has 1 atom stereocenters. The van der Waals surface area contributed by atoms with Crippen LogP contribution in [0.1, 0.15) is 24.0 Å². The Kier molecular flexibility index (Phi) is 5.35. The normalized spacial score (nSPS) is 16.6. The van der Waals surface area contributed by atoms with E-state index in [-0.39, 0.29) is 18.4 Å². The van der Waals surface area contributed by atoms with E-state index in [4.69, 9.17) is 16.3 Å². The second-order valence-corrected chi connectivity index (χ2v) is 7.43. The average Bonchev–Trinajstić information content (AvgIpc) is 3.37. The summed E-state index contributed by atoms with van der Waals surface area (Å²) in [7, 11) is 1.54. The van der Waals surface area contributed by atoms with E-state index in [0.717, 1.165) is 36.2 Å². The minimum atomic E-state index is -0.148. The SMILES string of the molecule is COc1cc(CO)c(-c2cn3ccc(CC(=O)[C@@H]4CCCN4)cc3n2)cc1Cl. The van der Waals surface area contributed by atoms with Gasteiger partial charge in [-0.05, 0) is 54.8 Å². The molecule has 1 saturated heterocycles. The first-order valence-electron chi connectivity index (χ1n) is 9.30. The van der Waals surface area contributed by atoms with Crippen LogP contribution in [0, 0.1) is 0 Å². The van der Waals surface area contributed by atoms with E-state index in [1.165, 1.54) is 7.11 Å². The number of imidazole rings is 1. The predicted molar refractivity (Wildman–Crippen MR) is 108 cm³/mol. The Balaban J connectivity index is 1.65. The highest BCUT2D eigenvalue weighted by Gasteiger charge is 2.22. The Morgan fingerprint density at radius 2 is 2.29 bits per heavy atom. The van der Waals surface area contributed by atoms with Crippen LogP contribution in [0.5, 0.6) is 5.75 Å². The lowest BCUT2D eigenvalue weighted by molar-refractivity contribution is -0.120. The smallest absolute Gasteiger partial charge is 0.154 e. The molecule has 0 radical (unpaired) electrons. The van der Waals surface area contributed by atoms with Crippen LogP contribution in [0.15, 0.2) is 36.7 Å². The first kappa shape index (κ1) is 18.9.